The van der Waals surface area contributed by atoms with E-state index in [2.05, 4.69) is 4.74 Å². The molecular formula is C11H17NO5. The van der Waals surface area contributed by atoms with Crippen LogP contribution in [0.3, 0.4) is 0 Å². The predicted molar refractivity (Wildman–Crippen MR) is 57.8 cm³/mol. The number of carboxylic acids is 1. The van der Waals surface area contributed by atoms with Gasteiger partial charge in [0.2, 0.25) is 0 Å². The Bertz CT molecular complexity index is 326. The highest BCUT2D eigenvalue weighted by Crippen LogP contribution is 2.24. The third-order valence-corrected chi connectivity index (χ3v) is 2.09. The number of hydrogen-bond acceptors (Lipinski definition) is 5. The monoisotopic (exact) mass is 243 g/mol. The first-order valence-electron chi connectivity index (χ1n) is 5.24. The third kappa shape index (κ3) is 5.31. The molecule has 2 N–H and O–H groups in total. The van der Waals surface area contributed by atoms with Gasteiger partial charge >= 0.3 is 11.9 Å². The Labute approximate surface area is 99.8 Å². The Hall–Kier alpha value is -1.61. The van der Waals surface area contributed by atoms with Crippen LogP contribution >= 0.6 is 0 Å². The second-order valence-electron chi connectivity index (χ2n) is 4.32. The Balaban J connectivity index is 4.96. The van der Waals surface area contributed by atoms with Gasteiger partial charge in [0, 0.05) is 0 Å². The van der Waals surface area contributed by atoms with E-state index in [1.54, 1.807) is 13.0 Å². The van der Waals surface area contributed by atoms with Crippen molar-refractivity contribution >= 4 is 11.9 Å². The summed E-state index contributed by atoms with van der Waals surface area (Å²) in [5.74, 6) is -5.05. The van der Waals surface area contributed by atoms with Gasteiger partial charge in [-0.1, -0.05) is 0 Å². The van der Waals surface area contributed by atoms with Crippen LogP contribution < -0.4 is 0 Å². The lowest BCUT2D eigenvalue weighted by molar-refractivity contribution is -0.160. The Morgan fingerprint density at radius 1 is 1.47 bits per heavy atom. The Morgan fingerprint density at radius 3 is 2.29 bits per heavy atom. The lowest BCUT2D eigenvalue weighted by Crippen LogP contribution is -2.36. The second-order valence-corrected chi connectivity index (χ2v) is 4.32. The molecule has 6 heteroatoms. The minimum absolute atomic E-state index is 0.0449. The molecule has 0 spiro atoms. The number of aliphatic hydroxyl groups is 1. The highest BCUT2D eigenvalue weighted by Gasteiger charge is 2.38. The van der Waals surface area contributed by atoms with Gasteiger partial charge < -0.3 is 14.9 Å². The summed E-state index contributed by atoms with van der Waals surface area (Å²) >= 11 is 0. The molecule has 0 amide bonds. The predicted octanol–water partition coefficient (Wildman–Crippen LogP) is 0.551. The van der Waals surface area contributed by atoms with E-state index in [1.807, 2.05) is 0 Å². The van der Waals surface area contributed by atoms with E-state index in [1.165, 1.54) is 13.8 Å². The largest absolute Gasteiger partial charge is 0.481 e. The zero-order valence-electron chi connectivity index (χ0n) is 10.1. The summed E-state index contributed by atoms with van der Waals surface area (Å²) in [6.45, 7) is 4.49. The lowest BCUT2D eigenvalue weighted by atomic mass is 9.84. The topological polar surface area (TPSA) is 108 Å². The van der Waals surface area contributed by atoms with E-state index in [-0.39, 0.29) is 13.0 Å². The molecule has 0 saturated carbocycles. The zero-order chi connectivity index (χ0) is 13.6. The minimum atomic E-state index is -1.56. The van der Waals surface area contributed by atoms with Gasteiger partial charge in [0.1, 0.15) is 0 Å². The SMILES string of the molecule is CCOC(=O)C(C(=O)O)C(C#N)CC(C)(C)O. The van der Waals surface area contributed by atoms with Gasteiger partial charge in [0.25, 0.3) is 0 Å². The smallest absolute Gasteiger partial charge is 0.321 e. The van der Waals surface area contributed by atoms with Crippen LogP contribution in [0.4, 0.5) is 0 Å². The van der Waals surface area contributed by atoms with Crippen LogP contribution in [-0.2, 0) is 14.3 Å². The summed E-state index contributed by atoms with van der Waals surface area (Å²) in [6, 6.07) is 1.74. The van der Waals surface area contributed by atoms with Gasteiger partial charge in [-0.25, -0.2) is 0 Å². The van der Waals surface area contributed by atoms with Gasteiger partial charge in [-0.05, 0) is 27.2 Å². The van der Waals surface area contributed by atoms with Crippen molar-refractivity contribution < 1.29 is 24.5 Å². The minimum Gasteiger partial charge on any atom is -0.481 e. The van der Waals surface area contributed by atoms with Crippen LogP contribution in [0.5, 0.6) is 0 Å². The van der Waals surface area contributed by atoms with Crippen LogP contribution in [0.15, 0.2) is 0 Å². The molecule has 0 rings (SSSR count). The number of ether oxygens (including phenoxy) is 1. The van der Waals surface area contributed by atoms with E-state index in [9.17, 15) is 14.7 Å². The Morgan fingerprint density at radius 2 is 2.00 bits per heavy atom. The highest BCUT2D eigenvalue weighted by molar-refractivity contribution is 5.94. The van der Waals surface area contributed by atoms with E-state index in [0.717, 1.165) is 0 Å². The lowest BCUT2D eigenvalue weighted by Gasteiger charge is -2.23. The summed E-state index contributed by atoms with van der Waals surface area (Å²) in [6.07, 6.45) is -0.112. The molecule has 0 aromatic carbocycles. The van der Waals surface area contributed by atoms with Gasteiger partial charge in [0.05, 0.1) is 24.2 Å². The van der Waals surface area contributed by atoms with Gasteiger partial charge in [-0.2, -0.15) is 5.26 Å². The van der Waals surface area contributed by atoms with Gasteiger partial charge in [-0.15, -0.1) is 0 Å². The number of carboxylic acid groups (broad SMARTS) is 1. The van der Waals surface area contributed by atoms with Crippen molar-refractivity contribution in [2.75, 3.05) is 6.61 Å². The van der Waals surface area contributed by atoms with Crippen LogP contribution in [0.1, 0.15) is 27.2 Å². The fraction of sp³-hybridized carbons (Fsp3) is 0.727. The number of carbonyl (C=O) groups is 2. The third-order valence-electron chi connectivity index (χ3n) is 2.09. The van der Waals surface area contributed by atoms with E-state index >= 15 is 0 Å². The van der Waals surface area contributed by atoms with Gasteiger partial charge in [0.15, 0.2) is 5.92 Å². The summed E-state index contributed by atoms with van der Waals surface area (Å²) in [4.78, 5) is 22.4. The highest BCUT2D eigenvalue weighted by atomic mass is 16.5. The maximum Gasteiger partial charge on any atom is 0.321 e. The molecule has 0 radical (unpaired) electrons. The van der Waals surface area contributed by atoms with E-state index in [4.69, 9.17) is 10.4 Å². The molecule has 0 saturated heterocycles. The second kappa shape index (κ2) is 6.21. The van der Waals surface area contributed by atoms with Crippen LogP contribution in [-0.4, -0.2) is 34.4 Å². The number of carbonyl (C=O) groups excluding carboxylic acids is 1. The molecule has 0 aliphatic heterocycles. The van der Waals surface area contributed by atoms with Crippen LogP contribution in [0.2, 0.25) is 0 Å². The van der Waals surface area contributed by atoms with Crippen molar-refractivity contribution in [3.8, 4) is 6.07 Å². The zero-order valence-corrected chi connectivity index (χ0v) is 10.1. The quantitative estimate of drug-likeness (QED) is 0.521. The van der Waals surface area contributed by atoms with Crippen molar-refractivity contribution in [3.05, 3.63) is 0 Å². The number of esters is 1. The van der Waals surface area contributed by atoms with Gasteiger partial charge in [-0.3, -0.25) is 9.59 Å². The summed E-state index contributed by atoms with van der Waals surface area (Å²) in [5, 5.41) is 27.4. The molecule has 96 valence electrons. The Kier molecular flexibility index (Phi) is 5.62. The first kappa shape index (κ1) is 15.4. The summed E-state index contributed by atoms with van der Waals surface area (Å²) < 4.78 is 4.61. The molecule has 0 fully saturated rings. The average molecular weight is 243 g/mol. The molecule has 0 aromatic rings. The van der Waals surface area contributed by atoms with Crippen LogP contribution in [0.25, 0.3) is 0 Å². The number of rotatable bonds is 6. The van der Waals surface area contributed by atoms with E-state index < -0.39 is 29.4 Å². The molecule has 0 aliphatic rings. The number of aliphatic carboxylic acids is 1. The number of hydrogen-bond donors (Lipinski definition) is 2. The van der Waals surface area contributed by atoms with Crippen molar-refractivity contribution in [3.63, 3.8) is 0 Å². The van der Waals surface area contributed by atoms with E-state index in [0.29, 0.717) is 0 Å². The first-order valence-corrected chi connectivity index (χ1v) is 5.24. The fourth-order valence-corrected chi connectivity index (χ4v) is 1.45. The van der Waals surface area contributed by atoms with Crippen molar-refractivity contribution in [1.29, 1.82) is 5.26 Å². The normalized spacial score (nSPS) is 14.5. The molecule has 0 heterocycles. The number of nitriles is 1. The molecule has 0 aliphatic carbocycles. The van der Waals surface area contributed by atoms with Crippen molar-refractivity contribution in [2.24, 2.45) is 11.8 Å². The molecule has 6 nitrogen and oxygen atoms in total. The fourth-order valence-electron chi connectivity index (χ4n) is 1.45. The standard InChI is InChI=1S/C11H17NO5/c1-4-17-10(15)8(9(13)14)7(6-12)5-11(2,3)16/h7-8,16H,4-5H2,1-3H3,(H,13,14). The number of nitrogens with zero attached hydrogens (tertiary/aromatic N) is 1. The molecule has 0 aromatic heterocycles. The van der Waals surface area contributed by atoms with Crippen molar-refractivity contribution in [1.82, 2.24) is 0 Å². The van der Waals surface area contributed by atoms with Crippen LogP contribution in [0, 0.1) is 23.2 Å². The first-order chi connectivity index (χ1) is 7.72. The summed E-state index contributed by atoms with van der Waals surface area (Å²) in [7, 11) is 0. The average Bonchev–Trinajstić information content (AvgIpc) is 2.14. The maximum atomic E-state index is 11.4. The molecule has 0 bridgehead atoms. The summed E-state index contributed by atoms with van der Waals surface area (Å²) in [5.41, 5.74) is -1.22. The van der Waals surface area contributed by atoms with Crippen molar-refractivity contribution in [2.45, 2.75) is 32.8 Å². The molecule has 17 heavy (non-hydrogen) atoms. The molecular weight excluding hydrogens is 226 g/mol. The maximum absolute atomic E-state index is 11.4. The molecule has 2 unspecified atom stereocenters. The molecule has 2 atom stereocenters.